The fraction of sp³-hybridized carbons (Fsp3) is 0.125. The fourth-order valence-electron chi connectivity index (χ4n) is 3.82. The number of carbonyl (C=O) groups excluding carboxylic acids is 1. The van der Waals surface area contributed by atoms with Gasteiger partial charge in [0, 0.05) is 11.8 Å². The number of fused-ring (bicyclic) bond motifs is 1. The highest BCUT2D eigenvalue weighted by Gasteiger charge is 2.31. The Kier molecular flexibility index (Phi) is 6.97. The van der Waals surface area contributed by atoms with Crippen LogP contribution in [-0.2, 0) is 21.5 Å². The van der Waals surface area contributed by atoms with Gasteiger partial charge in [0.05, 0.1) is 28.5 Å². The molecule has 1 aromatic heterocycles. The van der Waals surface area contributed by atoms with Gasteiger partial charge >= 0.3 is 16.3 Å². The first-order valence-electron chi connectivity index (χ1n) is 10.6. The maximum absolute atomic E-state index is 12.6. The number of nitrogens with zero attached hydrogens (tertiary/aromatic N) is 2. The number of nitro benzene ring substituents is 1. The summed E-state index contributed by atoms with van der Waals surface area (Å²) in [6.45, 7) is 1.78. The summed E-state index contributed by atoms with van der Waals surface area (Å²) in [7, 11) is -4.98. The number of carbonyl (C=O) groups is 1. The number of rotatable bonds is 8. The third kappa shape index (κ3) is 5.03. The molecule has 0 spiro atoms. The van der Waals surface area contributed by atoms with E-state index in [1.807, 2.05) is 0 Å². The lowest BCUT2D eigenvalue weighted by Gasteiger charge is -2.24. The molecule has 4 aromatic rings. The van der Waals surface area contributed by atoms with Gasteiger partial charge in [0.2, 0.25) is 5.76 Å². The van der Waals surface area contributed by atoms with Crippen LogP contribution in [0.3, 0.4) is 0 Å². The second-order valence-electron chi connectivity index (χ2n) is 7.61. The van der Waals surface area contributed by atoms with Gasteiger partial charge < -0.3 is 9.15 Å². The lowest BCUT2D eigenvalue weighted by atomic mass is 10.0. The van der Waals surface area contributed by atoms with Crippen LogP contribution in [0.15, 0.2) is 71.1 Å². The van der Waals surface area contributed by atoms with Gasteiger partial charge in [-0.05, 0) is 48.9 Å². The van der Waals surface area contributed by atoms with Crippen LogP contribution in [-0.4, -0.2) is 30.5 Å². The van der Waals surface area contributed by atoms with Crippen LogP contribution in [0.25, 0.3) is 11.0 Å². The van der Waals surface area contributed by atoms with Gasteiger partial charge in [-0.25, -0.2) is 9.10 Å². The normalized spacial score (nSPS) is 11.4. The number of furan rings is 1. The van der Waals surface area contributed by atoms with Crippen molar-refractivity contribution >= 4 is 55.9 Å². The molecule has 0 atom stereocenters. The summed E-state index contributed by atoms with van der Waals surface area (Å²) in [5, 5.41) is 12.1. The largest absolute Gasteiger partial charge is 0.460 e. The summed E-state index contributed by atoms with van der Waals surface area (Å²) in [6, 6.07) is 16.6. The molecule has 0 radical (unpaired) electrons. The van der Waals surface area contributed by atoms with Crippen molar-refractivity contribution in [3.05, 3.63) is 98.8 Å². The highest BCUT2D eigenvalue weighted by atomic mass is 35.5. The molecule has 0 aliphatic heterocycles. The first kappa shape index (κ1) is 25.2. The molecule has 3 aromatic carbocycles. The zero-order valence-corrected chi connectivity index (χ0v) is 20.3. The van der Waals surface area contributed by atoms with Gasteiger partial charge in [0.15, 0.2) is 0 Å². The third-order valence-corrected chi connectivity index (χ3v) is 6.45. The maximum atomic E-state index is 12.6. The van der Waals surface area contributed by atoms with E-state index in [1.165, 1.54) is 36.4 Å². The van der Waals surface area contributed by atoms with Gasteiger partial charge in [-0.3, -0.25) is 14.7 Å². The minimum atomic E-state index is -4.98. The Bertz CT molecular complexity index is 1570. The van der Waals surface area contributed by atoms with Crippen LogP contribution in [0, 0.1) is 10.1 Å². The van der Waals surface area contributed by atoms with Crippen LogP contribution in [0.5, 0.6) is 0 Å². The summed E-state index contributed by atoms with van der Waals surface area (Å²) < 4.78 is 46.4. The van der Waals surface area contributed by atoms with Crippen LogP contribution in [0.2, 0.25) is 5.02 Å². The number of anilines is 2. The summed E-state index contributed by atoms with van der Waals surface area (Å²) >= 11 is 6.14. The summed E-state index contributed by atoms with van der Waals surface area (Å²) in [6.07, 6.45) is -0.0416. The van der Waals surface area contributed by atoms with Crippen molar-refractivity contribution in [3.8, 4) is 0 Å². The smallest absolute Gasteiger partial charge is 0.374 e. The number of hydrogen-bond donors (Lipinski definition) is 1. The van der Waals surface area contributed by atoms with Crippen molar-refractivity contribution in [1.29, 1.82) is 0 Å². The molecule has 10 nitrogen and oxygen atoms in total. The van der Waals surface area contributed by atoms with Crippen molar-refractivity contribution in [2.45, 2.75) is 13.3 Å². The minimum absolute atomic E-state index is 0.0178. The SMILES string of the molecule is CCOC(=O)c1cc2cc(N(c3ccc(Cl)c([N+](=O)[O-])c3Cc3ccccc3)S(=O)(=O)O)ccc2o1. The zero-order chi connectivity index (χ0) is 26.0. The Morgan fingerprint density at radius 1 is 1.14 bits per heavy atom. The monoisotopic (exact) mass is 530 g/mol. The van der Waals surface area contributed by atoms with Gasteiger partial charge in [-0.1, -0.05) is 41.9 Å². The lowest BCUT2D eigenvalue weighted by molar-refractivity contribution is -0.385. The fourth-order valence-corrected chi connectivity index (χ4v) is 4.86. The number of nitro groups is 1. The Morgan fingerprint density at radius 3 is 2.50 bits per heavy atom. The van der Waals surface area contributed by atoms with Gasteiger partial charge in [-0.2, -0.15) is 8.42 Å². The molecule has 36 heavy (non-hydrogen) atoms. The highest BCUT2D eigenvalue weighted by Crippen LogP contribution is 2.41. The molecule has 0 fully saturated rings. The van der Waals surface area contributed by atoms with Gasteiger partial charge in [0.25, 0.3) is 5.69 Å². The van der Waals surface area contributed by atoms with E-state index in [4.69, 9.17) is 20.8 Å². The topological polar surface area (TPSA) is 140 Å². The molecule has 0 amide bonds. The molecule has 0 aliphatic rings. The van der Waals surface area contributed by atoms with E-state index in [0.717, 1.165) is 0 Å². The van der Waals surface area contributed by atoms with E-state index in [2.05, 4.69) is 0 Å². The van der Waals surface area contributed by atoms with Crippen LogP contribution < -0.4 is 4.31 Å². The lowest BCUT2D eigenvalue weighted by Crippen LogP contribution is -2.26. The van der Waals surface area contributed by atoms with E-state index in [-0.39, 0.29) is 46.3 Å². The Morgan fingerprint density at radius 2 is 1.86 bits per heavy atom. The average molecular weight is 531 g/mol. The van der Waals surface area contributed by atoms with Crippen LogP contribution in [0.4, 0.5) is 17.1 Å². The molecule has 0 aliphatic carbocycles. The van der Waals surface area contributed by atoms with E-state index in [0.29, 0.717) is 15.3 Å². The summed E-state index contributed by atoms with van der Waals surface area (Å²) in [5.41, 5.74) is 0.210. The predicted octanol–water partition coefficient (Wildman–Crippen LogP) is 5.70. The molecular weight excluding hydrogens is 512 g/mol. The van der Waals surface area contributed by atoms with Crippen LogP contribution >= 0.6 is 11.6 Å². The summed E-state index contributed by atoms with van der Waals surface area (Å²) in [5.74, 6) is -0.783. The Balaban J connectivity index is 1.92. The second-order valence-corrected chi connectivity index (χ2v) is 9.28. The first-order chi connectivity index (χ1) is 17.1. The van der Waals surface area contributed by atoms with Gasteiger partial charge in [-0.15, -0.1) is 0 Å². The number of esters is 1. The summed E-state index contributed by atoms with van der Waals surface area (Å²) in [4.78, 5) is 23.3. The molecule has 0 unspecified atom stereocenters. The number of benzene rings is 3. The predicted molar refractivity (Wildman–Crippen MR) is 133 cm³/mol. The van der Waals surface area contributed by atoms with Crippen molar-refractivity contribution in [1.82, 2.24) is 0 Å². The first-order valence-corrected chi connectivity index (χ1v) is 12.4. The highest BCUT2D eigenvalue weighted by molar-refractivity contribution is 7.87. The number of halogens is 1. The molecule has 0 bridgehead atoms. The van der Waals surface area contributed by atoms with Gasteiger partial charge in [0.1, 0.15) is 10.6 Å². The van der Waals surface area contributed by atoms with Crippen molar-refractivity contribution in [2.75, 3.05) is 10.9 Å². The second kappa shape index (κ2) is 9.97. The Hall–Kier alpha value is -3.93. The molecule has 12 heteroatoms. The average Bonchev–Trinajstić information content (AvgIpc) is 3.24. The molecule has 4 rings (SSSR count). The van der Waals surface area contributed by atoms with E-state index >= 15 is 0 Å². The molecule has 1 heterocycles. The zero-order valence-electron chi connectivity index (χ0n) is 18.8. The molecular formula is C24H19ClN2O8S. The molecule has 186 valence electrons. The molecule has 0 saturated heterocycles. The van der Waals surface area contributed by atoms with Crippen molar-refractivity contribution < 1.29 is 31.8 Å². The van der Waals surface area contributed by atoms with Crippen molar-refractivity contribution in [2.24, 2.45) is 0 Å². The molecule has 0 saturated carbocycles. The standard InChI is InChI=1S/C24H19ClN2O8S/c1-2-34-24(28)22-14-16-13-17(8-11-21(16)35-22)26(36(31,32)33)20-10-9-19(25)23(27(29)30)18(20)12-15-6-4-3-5-7-15/h3-11,13-14H,2,12H2,1H3,(H,31,32,33). The third-order valence-electron chi connectivity index (χ3n) is 5.28. The Labute approximate surface area is 210 Å². The number of ether oxygens (including phenoxy) is 1. The molecule has 1 N–H and O–H groups in total. The van der Waals surface area contributed by atoms with Crippen molar-refractivity contribution in [3.63, 3.8) is 0 Å². The quantitative estimate of drug-likeness (QED) is 0.132. The number of hydrogen-bond acceptors (Lipinski definition) is 7. The minimum Gasteiger partial charge on any atom is -0.460 e. The van der Waals surface area contributed by atoms with E-state index in [9.17, 15) is 27.9 Å². The van der Waals surface area contributed by atoms with E-state index in [1.54, 1.807) is 37.3 Å². The maximum Gasteiger partial charge on any atom is 0.374 e. The van der Waals surface area contributed by atoms with Crippen LogP contribution in [0.1, 0.15) is 28.6 Å². The van der Waals surface area contributed by atoms with E-state index < -0.39 is 26.9 Å².